The number of halogens is 1. The van der Waals surface area contributed by atoms with Crippen LogP contribution in [0.2, 0.25) is 5.02 Å². The lowest BCUT2D eigenvalue weighted by Crippen LogP contribution is -2.29. The van der Waals surface area contributed by atoms with Gasteiger partial charge in [-0.3, -0.25) is 0 Å². The molecule has 2 rings (SSSR count). The highest BCUT2D eigenvalue weighted by molar-refractivity contribution is 7.88. The summed E-state index contributed by atoms with van der Waals surface area (Å²) in [5.41, 5.74) is 0.638. The van der Waals surface area contributed by atoms with Crippen LogP contribution in [-0.2, 0) is 15.8 Å². The summed E-state index contributed by atoms with van der Waals surface area (Å²) in [5, 5.41) is 0.513. The van der Waals surface area contributed by atoms with Crippen molar-refractivity contribution in [2.24, 2.45) is 0 Å². The number of rotatable bonds is 8. The van der Waals surface area contributed by atoms with Crippen molar-refractivity contribution in [2.45, 2.75) is 5.75 Å². The molecule has 2 aromatic carbocycles. The molecule has 0 fully saturated rings. The van der Waals surface area contributed by atoms with Crippen molar-refractivity contribution in [2.75, 3.05) is 20.3 Å². The van der Waals surface area contributed by atoms with Crippen LogP contribution in [-0.4, -0.2) is 28.7 Å². The second kappa shape index (κ2) is 8.19. The summed E-state index contributed by atoms with van der Waals surface area (Å²) in [5.74, 6) is 1.19. The molecule has 0 aliphatic heterocycles. The highest BCUT2D eigenvalue weighted by Crippen LogP contribution is 2.18. The second-order valence-corrected chi connectivity index (χ2v) is 7.05. The van der Waals surface area contributed by atoms with E-state index < -0.39 is 10.0 Å². The quantitative estimate of drug-likeness (QED) is 0.739. The van der Waals surface area contributed by atoms with Gasteiger partial charge >= 0.3 is 0 Å². The lowest BCUT2D eigenvalue weighted by molar-refractivity contribution is 0.320. The summed E-state index contributed by atoms with van der Waals surface area (Å²) in [6.45, 7) is 0.405. The Morgan fingerprint density at radius 1 is 1.09 bits per heavy atom. The largest absolute Gasteiger partial charge is 0.497 e. The minimum Gasteiger partial charge on any atom is -0.497 e. The van der Waals surface area contributed by atoms with Crippen molar-refractivity contribution >= 4 is 21.6 Å². The average molecular weight is 356 g/mol. The van der Waals surface area contributed by atoms with Gasteiger partial charge in [-0.1, -0.05) is 29.8 Å². The smallest absolute Gasteiger partial charge is 0.215 e. The predicted molar refractivity (Wildman–Crippen MR) is 90.6 cm³/mol. The van der Waals surface area contributed by atoms with Gasteiger partial charge in [-0.2, -0.15) is 0 Å². The molecule has 0 radical (unpaired) electrons. The number of ether oxygens (including phenoxy) is 2. The third-order valence-corrected chi connectivity index (χ3v) is 4.57. The number of methoxy groups -OCH3 is 1. The van der Waals surface area contributed by atoms with Crippen LogP contribution in [0.25, 0.3) is 0 Å². The summed E-state index contributed by atoms with van der Waals surface area (Å²) >= 11 is 5.85. The van der Waals surface area contributed by atoms with E-state index in [2.05, 4.69) is 4.72 Å². The molecule has 0 aliphatic rings. The maximum atomic E-state index is 12.0. The summed E-state index contributed by atoms with van der Waals surface area (Å²) in [4.78, 5) is 0. The van der Waals surface area contributed by atoms with Crippen molar-refractivity contribution in [1.29, 1.82) is 0 Å². The Morgan fingerprint density at radius 3 is 2.57 bits per heavy atom. The molecule has 5 nitrogen and oxygen atoms in total. The topological polar surface area (TPSA) is 64.6 Å². The SMILES string of the molecule is COc1cccc(OCCNS(=O)(=O)Cc2cccc(Cl)c2)c1. The Labute approximate surface area is 141 Å². The van der Waals surface area contributed by atoms with Gasteiger partial charge in [0.05, 0.1) is 12.9 Å². The molecule has 0 atom stereocenters. The Hall–Kier alpha value is -1.76. The fraction of sp³-hybridized carbons (Fsp3) is 0.250. The standard InChI is InChI=1S/C16H18ClNO4S/c1-21-15-6-3-7-16(11-15)22-9-8-18-23(19,20)12-13-4-2-5-14(17)10-13/h2-7,10-11,18H,8-9,12H2,1H3. The summed E-state index contributed by atoms with van der Waals surface area (Å²) in [7, 11) is -1.86. The van der Waals surface area contributed by atoms with Gasteiger partial charge in [-0.05, 0) is 29.8 Å². The molecular weight excluding hydrogens is 338 g/mol. The van der Waals surface area contributed by atoms with Crippen molar-refractivity contribution in [3.05, 3.63) is 59.1 Å². The van der Waals surface area contributed by atoms with E-state index in [1.807, 2.05) is 0 Å². The molecule has 0 aromatic heterocycles. The Balaban J connectivity index is 1.80. The van der Waals surface area contributed by atoms with Crippen LogP contribution in [0.1, 0.15) is 5.56 Å². The lowest BCUT2D eigenvalue weighted by atomic mass is 10.2. The van der Waals surface area contributed by atoms with E-state index in [1.54, 1.807) is 55.6 Å². The Morgan fingerprint density at radius 2 is 1.83 bits per heavy atom. The number of hydrogen-bond donors (Lipinski definition) is 1. The van der Waals surface area contributed by atoms with Crippen molar-refractivity contribution < 1.29 is 17.9 Å². The third kappa shape index (κ3) is 6.09. The Kier molecular flexibility index (Phi) is 6.27. The number of nitrogens with one attached hydrogen (secondary N) is 1. The highest BCUT2D eigenvalue weighted by Gasteiger charge is 2.11. The fourth-order valence-corrected chi connectivity index (χ4v) is 3.28. The van der Waals surface area contributed by atoms with Gasteiger partial charge in [0.1, 0.15) is 18.1 Å². The minimum atomic E-state index is -3.43. The van der Waals surface area contributed by atoms with Crippen LogP contribution in [0, 0.1) is 0 Å². The van der Waals surface area contributed by atoms with Crippen LogP contribution < -0.4 is 14.2 Å². The summed E-state index contributed by atoms with van der Waals surface area (Å²) in [6, 6.07) is 13.9. The molecule has 1 N–H and O–H groups in total. The van der Waals surface area contributed by atoms with Crippen LogP contribution in [0.5, 0.6) is 11.5 Å². The molecule has 2 aromatic rings. The molecule has 23 heavy (non-hydrogen) atoms. The summed E-state index contributed by atoms with van der Waals surface area (Å²) < 4.78 is 37.1. The first kappa shape index (κ1) is 17.6. The van der Waals surface area contributed by atoms with Crippen LogP contribution in [0.3, 0.4) is 0 Å². The summed E-state index contributed by atoms with van der Waals surface area (Å²) in [6.07, 6.45) is 0. The van der Waals surface area contributed by atoms with E-state index in [-0.39, 0.29) is 18.9 Å². The van der Waals surface area contributed by atoms with Crippen LogP contribution in [0.4, 0.5) is 0 Å². The van der Waals surface area contributed by atoms with E-state index in [0.717, 1.165) is 0 Å². The number of benzene rings is 2. The maximum Gasteiger partial charge on any atom is 0.215 e. The number of sulfonamides is 1. The molecule has 0 spiro atoms. The minimum absolute atomic E-state index is 0.118. The zero-order valence-corrected chi connectivity index (χ0v) is 14.2. The normalized spacial score (nSPS) is 11.2. The predicted octanol–water partition coefficient (Wildman–Crippen LogP) is 2.85. The van der Waals surface area contributed by atoms with E-state index in [1.165, 1.54) is 0 Å². The maximum absolute atomic E-state index is 12.0. The highest BCUT2D eigenvalue weighted by atomic mass is 35.5. The van der Waals surface area contributed by atoms with Gasteiger partial charge in [-0.15, -0.1) is 0 Å². The molecule has 0 saturated heterocycles. The van der Waals surface area contributed by atoms with Gasteiger partial charge in [0.2, 0.25) is 10.0 Å². The van der Waals surface area contributed by atoms with Gasteiger partial charge in [0.15, 0.2) is 0 Å². The van der Waals surface area contributed by atoms with Crippen LogP contribution in [0.15, 0.2) is 48.5 Å². The molecule has 0 heterocycles. The second-order valence-electron chi connectivity index (χ2n) is 4.81. The Bertz CT molecular complexity index is 749. The zero-order chi connectivity index (χ0) is 16.7. The molecule has 0 amide bonds. The van der Waals surface area contributed by atoms with E-state index in [0.29, 0.717) is 22.1 Å². The molecular formula is C16H18ClNO4S. The van der Waals surface area contributed by atoms with Gasteiger partial charge in [0.25, 0.3) is 0 Å². The molecule has 124 valence electrons. The van der Waals surface area contributed by atoms with Crippen molar-refractivity contribution in [1.82, 2.24) is 4.72 Å². The zero-order valence-electron chi connectivity index (χ0n) is 12.7. The molecule has 0 aliphatic carbocycles. The first-order valence-electron chi connectivity index (χ1n) is 6.97. The third-order valence-electron chi connectivity index (χ3n) is 2.98. The average Bonchev–Trinajstić information content (AvgIpc) is 2.51. The first-order valence-corrected chi connectivity index (χ1v) is 9.00. The van der Waals surface area contributed by atoms with Crippen molar-refractivity contribution in [3.8, 4) is 11.5 Å². The van der Waals surface area contributed by atoms with Gasteiger partial charge in [-0.25, -0.2) is 13.1 Å². The van der Waals surface area contributed by atoms with E-state index >= 15 is 0 Å². The van der Waals surface area contributed by atoms with Crippen LogP contribution >= 0.6 is 11.6 Å². The van der Waals surface area contributed by atoms with Crippen molar-refractivity contribution in [3.63, 3.8) is 0 Å². The molecule has 0 saturated carbocycles. The first-order chi connectivity index (χ1) is 11.0. The molecule has 0 bridgehead atoms. The van der Waals surface area contributed by atoms with E-state index in [4.69, 9.17) is 21.1 Å². The lowest BCUT2D eigenvalue weighted by Gasteiger charge is -2.09. The van der Waals surface area contributed by atoms with Gasteiger partial charge < -0.3 is 9.47 Å². The molecule has 7 heteroatoms. The van der Waals surface area contributed by atoms with E-state index in [9.17, 15) is 8.42 Å². The monoisotopic (exact) mass is 355 g/mol. The molecule has 0 unspecified atom stereocenters. The fourth-order valence-electron chi connectivity index (χ4n) is 1.95. The number of hydrogen-bond acceptors (Lipinski definition) is 4. The van der Waals surface area contributed by atoms with Gasteiger partial charge in [0, 0.05) is 17.6 Å².